The highest BCUT2D eigenvalue weighted by atomic mass is 19.1. The maximum absolute atomic E-state index is 13.9. The molecule has 20 heavy (non-hydrogen) atoms. The zero-order valence-corrected chi connectivity index (χ0v) is 11.3. The van der Waals surface area contributed by atoms with Crippen molar-refractivity contribution in [2.24, 2.45) is 5.73 Å². The van der Waals surface area contributed by atoms with Gasteiger partial charge in [-0.2, -0.15) is 0 Å². The molecule has 0 aliphatic heterocycles. The van der Waals surface area contributed by atoms with E-state index in [1.165, 1.54) is 13.0 Å². The fraction of sp³-hybridized carbons (Fsp3) is 0.188. The molecule has 2 rings (SSSR count). The summed E-state index contributed by atoms with van der Waals surface area (Å²) in [5.74, 6) is -0.305. The molecule has 0 aromatic heterocycles. The molecule has 0 spiro atoms. The summed E-state index contributed by atoms with van der Waals surface area (Å²) >= 11 is 0. The number of hydrogen-bond donors (Lipinski definition) is 2. The van der Waals surface area contributed by atoms with Crippen LogP contribution in [0.3, 0.4) is 0 Å². The van der Waals surface area contributed by atoms with Gasteiger partial charge in [-0.05, 0) is 61.9 Å². The van der Waals surface area contributed by atoms with Gasteiger partial charge in [0.1, 0.15) is 5.82 Å². The SMILES string of the molecule is CC(=O)c1ccc(Nc2ccc(CCN)cc2F)cc1. The molecule has 4 heteroatoms. The minimum Gasteiger partial charge on any atom is -0.353 e. The molecule has 0 bridgehead atoms. The summed E-state index contributed by atoms with van der Waals surface area (Å²) in [4.78, 5) is 11.2. The maximum atomic E-state index is 13.9. The number of rotatable bonds is 5. The van der Waals surface area contributed by atoms with Gasteiger partial charge < -0.3 is 11.1 Å². The average Bonchev–Trinajstić information content (AvgIpc) is 2.43. The predicted molar refractivity (Wildman–Crippen MR) is 78.9 cm³/mol. The summed E-state index contributed by atoms with van der Waals surface area (Å²) in [5.41, 5.74) is 8.10. The van der Waals surface area contributed by atoms with Gasteiger partial charge in [-0.3, -0.25) is 4.79 Å². The predicted octanol–water partition coefficient (Wildman–Crippen LogP) is 3.27. The van der Waals surface area contributed by atoms with E-state index in [9.17, 15) is 9.18 Å². The van der Waals surface area contributed by atoms with Crippen LogP contribution in [0.4, 0.5) is 15.8 Å². The smallest absolute Gasteiger partial charge is 0.159 e. The van der Waals surface area contributed by atoms with Crippen molar-refractivity contribution < 1.29 is 9.18 Å². The number of carbonyl (C=O) groups excluding carboxylic acids is 1. The van der Waals surface area contributed by atoms with Crippen molar-refractivity contribution in [2.45, 2.75) is 13.3 Å². The molecule has 104 valence electrons. The Balaban J connectivity index is 2.15. The molecule has 0 amide bonds. The lowest BCUT2D eigenvalue weighted by molar-refractivity contribution is 0.101. The van der Waals surface area contributed by atoms with Crippen LogP contribution in [0.25, 0.3) is 0 Å². The van der Waals surface area contributed by atoms with Crippen LogP contribution in [-0.2, 0) is 6.42 Å². The van der Waals surface area contributed by atoms with E-state index in [1.807, 2.05) is 6.07 Å². The third kappa shape index (κ3) is 3.42. The van der Waals surface area contributed by atoms with Gasteiger partial charge in [0, 0.05) is 11.3 Å². The molecule has 2 aromatic carbocycles. The van der Waals surface area contributed by atoms with Crippen molar-refractivity contribution in [3.63, 3.8) is 0 Å². The van der Waals surface area contributed by atoms with E-state index in [4.69, 9.17) is 5.73 Å². The number of nitrogens with one attached hydrogen (secondary N) is 1. The zero-order valence-electron chi connectivity index (χ0n) is 11.3. The molecule has 0 aliphatic rings. The highest BCUT2D eigenvalue weighted by Crippen LogP contribution is 2.21. The first-order valence-corrected chi connectivity index (χ1v) is 6.46. The molecule has 0 saturated carbocycles. The first-order chi connectivity index (χ1) is 9.60. The Labute approximate surface area is 117 Å². The Bertz CT molecular complexity index is 608. The largest absolute Gasteiger partial charge is 0.353 e. The molecule has 0 heterocycles. The van der Waals surface area contributed by atoms with E-state index in [0.29, 0.717) is 24.2 Å². The van der Waals surface area contributed by atoms with Crippen LogP contribution in [0.5, 0.6) is 0 Å². The molecule has 0 unspecified atom stereocenters. The number of nitrogens with two attached hydrogens (primary N) is 1. The third-order valence-corrected chi connectivity index (χ3v) is 3.04. The number of carbonyl (C=O) groups is 1. The second-order valence-electron chi connectivity index (χ2n) is 4.61. The number of halogens is 1. The lowest BCUT2D eigenvalue weighted by Gasteiger charge is -2.09. The minimum absolute atomic E-state index is 0.00821. The van der Waals surface area contributed by atoms with Crippen LogP contribution in [0.15, 0.2) is 42.5 Å². The first-order valence-electron chi connectivity index (χ1n) is 6.46. The van der Waals surface area contributed by atoms with Crippen molar-refractivity contribution in [3.05, 3.63) is 59.4 Å². The van der Waals surface area contributed by atoms with E-state index in [1.54, 1.807) is 30.3 Å². The lowest BCUT2D eigenvalue weighted by atomic mass is 10.1. The van der Waals surface area contributed by atoms with Crippen LogP contribution in [-0.4, -0.2) is 12.3 Å². The first kappa shape index (κ1) is 14.2. The average molecular weight is 272 g/mol. The number of Topliss-reactive ketones (excluding diaryl/α,β-unsaturated/α-hetero) is 1. The topological polar surface area (TPSA) is 55.1 Å². The van der Waals surface area contributed by atoms with Gasteiger partial charge in [0.2, 0.25) is 0 Å². The molecular weight excluding hydrogens is 255 g/mol. The Morgan fingerprint density at radius 3 is 2.45 bits per heavy atom. The monoisotopic (exact) mass is 272 g/mol. The van der Waals surface area contributed by atoms with Gasteiger partial charge in [-0.1, -0.05) is 6.07 Å². The molecule has 2 aromatic rings. The molecule has 0 atom stereocenters. The summed E-state index contributed by atoms with van der Waals surface area (Å²) in [6.07, 6.45) is 0.657. The van der Waals surface area contributed by atoms with Crippen LogP contribution in [0, 0.1) is 5.82 Å². The van der Waals surface area contributed by atoms with E-state index in [-0.39, 0.29) is 11.6 Å². The van der Waals surface area contributed by atoms with Gasteiger partial charge in [-0.25, -0.2) is 4.39 Å². The highest BCUT2D eigenvalue weighted by Gasteiger charge is 2.05. The second kappa shape index (κ2) is 6.30. The van der Waals surface area contributed by atoms with Crippen LogP contribution in [0.1, 0.15) is 22.8 Å². The van der Waals surface area contributed by atoms with Crippen LogP contribution >= 0.6 is 0 Å². The number of anilines is 2. The van der Waals surface area contributed by atoms with E-state index in [2.05, 4.69) is 5.32 Å². The van der Waals surface area contributed by atoms with Crippen LogP contribution in [0.2, 0.25) is 0 Å². The molecular formula is C16H17FN2O. The fourth-order valence-electron chi connectivity index (χ4n) is 1.93. The zero-order chi connectivity index (χ0) is 14.5. The van der Waals surface area contributed by atoms with Crippen molar-refractivity contribution >= 4 is 17.2 Å². The molecule has 0 radical (unpaired) electrons. The van der Waals surface area contributed by atoms with Gasteiger partial charge in [0.25, 0.3) is 0 Å². The van der Waals surface area contributed by atoms with Gasteiger partial charge in [0.15, 0.2) is 5.78 Å². The summed E-state index contributed by atoms with van der Waals surface area (Å²) in [6.45, 7) is 2.01. The lowest BCUT2D eigenvalue weighted by Crippen LogP contribution is -2.03. The fourth-order valence-corrected chi connectivity index (χ4v) is 1.93. The minimum atomic E-state index is -0.313. The normalized spacial score (nSPS) is 10.3. The second-order valence-corrected chi connectivity index (χ2v) is 4.61. The number of ketones is 1. The van der Waals surface area contributed by atoms with Gasteiger partial charge in [-0.15, -0.1) is 0 Å². The van der Waals surface area contributed by atoms with Crippen molar-refractivity contribution in [1.29, 1.82) is 0 Å². The summed E-state index contributed by atoms with van der Waals surface area (Å²) in [6, 6.07) is 12.0. The van der Waals surface area contributed by atoms with E-state index in [0.717, 1.165) is 11.3 Å². The van der Waals surface area contributed by atoms with Gasteiger partial charge in [0.05, 0.1) is 5.69 Å². The van der Waals surface area contributed by atoms with E-state index < -0.39 is 0 Å². The third-order valence-electron chi connectivity index (χ3n) is 3.04. The Morgan fingerprint density at radius 1 is 1.20 bits per heavy atom. The Morgan fingerprint density at radius 2 is 1.90 bits per heavy atom. The Hall–Kier alpha value is -2.20. The van der Waals surface area contributed by atoms with Crippen LogP contribution < -0.4 is 11.1 Å². The van der Waals surface area contributed by atoms with E-state index >= 15 is 0 Å². The Kier molecular flexibility index (Phi) is 4.48. The quantitative estimate of drug-likeness (QED) is 0.821. The van der Waals surface area contributed by atoms with Gasteiger partial charge >= 0.3 is 0 Å². The summed E-state index contributed by atoms with van der Waals surface area (Å²) in [5, 5.41) is 2.99. The highest BCUT2D eigenvalue weighted by molar-refractivity contribution is 5.94. The molecule has 0 saturated heterocycles. The van der Waals surface area contributed by atoms with Crippen molar-refractivity contribution in [1.82, 2.24) is 0 Å². The number of benzene rings is 2. The standard InChI is InChI=1S/C16H17FN2O/c1-11(20)13-3-5-14(6-4-13)19-16-7-2-12(8-9-18)10-15(16)17/h2-7,10,19H,8-9,18H2,1H3. The van der Waals surface area contributed by atoms with Crippen molar-refractivity contribution in [3.8, 4) is 0 Å². The molecule has 0 aliphatic carbocycles. The summed E-state index contributed by atoms with van der Waals surface area (Å²) in [7, 11) is 0. The molecule has 0 fully saturated rings. The van der Waals surface area contributed by atoms with Crippen molar-refractivity contribution in [2.75, 3.05) is 11.9 Å². The number of hydrogen-bond acceptors (Lipinski definition) is 3. The molecule has 3 N–H and O–H groups in total. The maximum Gasteiger partial charge on any atom is 0.159 e. The molecule has 3 nitrogen and oxygen atoms in total. The summed E-state index contributed by atoms with van der Waals surface area (Å²) < 4.78 is 13.9.